The fourth-order valence-electron chi connectivity index (χ4n) is 2.34. The van der Waals surface area contributed by atoms with Crippen LogP contribution in [0, 0.1) is 4.77 Å². The van der Waals surface area contributed by atoms with Gasteiger partial charge in [0, 0.05) is 12.4 Å². The van der Waals surface area contributed by atoms with Gasteiger partial charge >= 0.3 is 0 Å². The Morgan fingerprint density at radius 3 is 2.86 bits per heavy atom. The highest BCUT2D eigenvalue weighted by Crippen LogP contribution is 2.26. The van der Waals surface area contributed by atoms with E-state index in [4.69, 9.17) is 17.0 Å². The van der Waals surface area contributed by atoms with Gasteiger partial charge in [-0.05, 0) is 49.8 Å². The van der Waals surface area contributed by atoms with Crippen LogP contribution in [0.5, 0.6) is 5.75 Å². The first kappa shape index (κ1) is 13.8. The zero-order chi connectivity index (χ0) is 14.8. The number of nitrogens with one attached hydrogen (secondary N) is 1. The van der Waals surface area contributed by atoms with Gasteiger partial charge in [-0.25, -0.2) is 0 Å². The number of fused-ring (bicyclic) bond motifs is 1. The molecule has 108 valence electrons. The van der Waals surface area contributed by atoms with Gasteiger partial charge in [-0.3, -0.25) is 4.98 Å². The van der Waals surface area contributed by atoms with E-state index in [1.54, 1.807) is 6.20 Å². The van der Waals surface area contributed by atoms with Crippen molar-refractivity contribution in [3.05, 3.63) is 53.1 Å². The average Bonchev–Trinajstić information content (AvgIpc) is 2.77. The maximum atomic E-state index is 5.84. The molecule has 21 heavy (non-hydrogen) atoms. The lowest BCUT2D eigenvalue weighted by molar-refractivity contribution is 0.245. The lowest BCUT2D eigenvalue weighted by Crippen LogP contribution is -2.06. The highest BCUT2D eigenvalue weighted by molar-refractivity contribution is 7.71. The van der Waals surface area contributed by atoms with E-state index < -0.39 is 0 Å². The Morgan fingerprint density at radius 2 is 2.14 bits per heavy atom. The van der Waals surface area contributed by atoms with Crippen LogP contribution >= 0.6 is 12.2 Å². The molecule has 2 aromatic heterocycles. The molecule has 0 saturated heterocycles. The van der Waals surface area contributed by atoms with E-state index in [9.17, 15) is 0 Å². The molecule has 0 fully saturated rings. The van der Waals surface area contributed by atoms with Gasteiger partial charge in [0.2, 0.25) is 0 Å². The summed E-state index contributed by atoms with van der Waals surface area (Å²) in [7, 11) is 0. The first-order valence-corrected chi connectivity index (χ1v) is 7.33. The second-order valence-electron chi connectivity index (χ2n) is 5.19. The maximum Gasteiger partial charge on any atom is 0.178 e. The average molecular weight is 299 g/mol. The number of pyridine rings is 1. The highest BCUT2D eigenvalue weighted by atomic mass is 32.1. The van der Waals surface area contributed by atoms with Crippen molar-refractivity contribution in [3.63, 3.8) is 0 Å². The van der Waals surface area contributed by atoms with Gasteiger partial charge in [0.05, 0.1) is 18.2 Å². The summed E-state index contributed by atoms with van der Waals surface area (Å²) in [6.45, 7) is 4.72. The number of imidazole rings is 1. The van der Waals surface area contributed by atoms with Crippen LogP contribution in [0.25, 0.3) is 11.0 Å². The van der Waals surface area contributed by atoms with E-state index in [0.717, 1.165) is 22.3 Å². The van der Waals surface area contributed by atoms with Crippen molar-refractivity contribution in [1.82, 2.24) is 14.5 Å². The third kappa shape index (κ3) is 2.83. The zero-order valence-corrected chi connectivity index (χ0v) is 12.9. The largest absolute Gasteiger partial charge is 0.489 e. The van der Waals surface area contributed by atoms with E-state index >= 15 is 0 Å². The number of aromatic nitrogens is 3. The Hall–Kier alpha value is -2.14. The molecule has 0 atom stereocenters. The maximum absolute atomic E-state index is 5.84. The number of ether oxygens (including phenoxy) is 1. The van der Waals surface area contributed by atoms with Crippen molar-refractivity contribution in [2.75, 3.05) is 0 Å². The lowest BCUT2D eigenvalue weighted by atomic mass is 10.2. The van der Waals surface area contributed by atoms with Gasteiger partial charge in [0.25, 0.3) is 0 Å². The van der Waals surface area contributed by atoms with Crippen LogP contribution in [0.3, 0.4) is 0 Å². The lowest BCUT2D eigenvalue weighted by Gasteiger charge is -2.10. The molecule has 0 unspecified atom stereocenters. The van der Waals surface area contributed by atoms with Crippen LogP contribution < -0.4 is 4.74 Å². The summed E-state index contributed by atoms with van der Waals surface area (Å²) in [5.74, 6) is 0.832. The minimum absolute atomic E-state index is 0.124. The van der Waals surface area contributed by atoms with Crippen LogP contribution in [0.1, 0.15) is 19.4 Å². The summed E-state index contributed by atoms with van der Waals surface area (Å²) >= 11 is 5.46. The molecule has 0 aliphatic heterocycles. The zero-order valence-electron chi connectivity index (χ0n) is 12.0. The fourth-order valence-corrected chi connectivity index (χ4v) is 2.60. The summed E-state index contributed by atoms with van der Waals surface area (Å²) in [5.41, 5.74) is 3.10. The summed E-state index contributed by atoms with van der Waals surface area (Å²) in [4.78, 5) is 7.40. The Labute approximate surface area is 128 Å². The van der Waals surface area contributed by atoms with Crippen LogP contribution in [0.15, 0.2) is 42.7 Å². The molecule has 5 heteroatoms. The van der Waals surface area contributed by atoms with Gasteiger partial charge in [0.15, 0.2) is 4.77 Å². The molecule has 3 rings (SSSR count). The molecule has 3 aromatic rings. The van der Waals surface area contributed by atoms with Crippen molar-refractivity contribution in [2.45, 2.75) is 26.5 Å². The Balaban J connectivity index is 2.08. The smallest absolute Gasteiger partial charge is 0.178 e. The minimum Gasteiger partial charge on any atom is -0.489 e. The fraction of sp³-hybridized carbons (Fsp3) is 0.250. The SMILES string of the molecule is CC(C)Oc1cccc2c1[nH]c(=S)n2Cc1cccnc1. The second-order valence-corrected chi connectivity index (χ2v) is 5.58. The third-order valence-electron chi connectivity index (χ3n) is 3.20. The first-order chi connectivity index (χ1) is 10.1. The predicted octanol–water partition coefficient (Wildman–Crippen LogP) is 3.93. The minimum atomic E-state index is 0.124. The van der Waals surface area contributed by atoms with Crippen molar-refractivity contribution >= 4 is 23.3 Å². The molecule has 0 aliphatic carbocycles. The third-order valence-corrected chi connectivity index (χ3v) is 3.52. The molecule has 2 heterocycles. The van der Waals surface area contributed by atoms with E-state index in [0.29, 0.717) is 11.3 Å². The van der Waals surface area contributed by atoms with Gasteiger partial charge in [-0.2, -0.15) is 0 Å². The predicted molar refractivity (Wildman–Crippen MR) is 86.2 cm³/mol. The quantitative estimate of drug-likeness (QED) is 0.742. The molecule has 0 amide bonds. The number of aromatic amines is 1. The van der Waals surface area contributed by atoms with Crippen molar-refractivity contribution in [1.29, 1.82) is 0 Å². The van der Waals surface area contributed by atoms with E-state index in [-0.39, 0.29) is 6.10 Å². The van der Waals surface area contributed by atoms with Crippen molar-refractivity contribution in [2.24, 2.45) is 0 Å². The summed E-state index contributed by atoms with van der Waals surface area (Å²) in [6.07, 6.45) is 3.75. The normalized spacial score (nSPS) is 11.2. The number of nitrogens with zero attached hydrogens (tertiary/aromatic N) is 2. The van der Waals surface area contributed by atoms with Gasteiger partial charge in [0.1, 0.15) is 11.3 Å². The molecule has 4 nitrogen and oxygen atoms in total. The number of H-pyrrole nitrogens is 1. The number of hydrogen-bond acceptors (Lipinski definition) is 3. The summed E-state index contributed by atoms with van der Waals surface area (Å²) in [6, 6.07) is 9.97. The Kier molecular flexibility index (Phi) is 3.75. The Morgan fingerprint density at radius 1 is 1.29 bits per heavy atom. The molecular formula is C16H17N3OS. The van der Waals surface area contributed by atoms with Crippen molar-refractivity contribution in [3.8, 4) is 5.75 Å². The Bertz CT molecular complexity index is 805. The highest BCUT2D eigenvalue weighted by Gasteiger charge is 2.10. The standard InChI is InChI=1S/C16H17N3OS/c1-11(2)20-14-7-3-6-13-15(14)18-16(21)19(13)10-12-5-4-8-17-9-12/h3-9,11H,10H2,1-2H3,(H,18,21). The second kappa shape index (κ2) is 5.69. The molecule has 1 aromatic carbocycles. The van der Waals surface area contributed by atoms with E-state index in [1.807, 2.05) is 50.4 Å². The van der Waals surface area contributed by atoms with E-state index in [1.165, 1.54) is 0 Å². The molecule has 0 radical (unpaired) electrons. The molecule has 0 saturated carbocycles. The molecular weight excluding hydrogens is 282 g/mol. The molecule has 0 aliphatic rings. The van der Waals surface area contributed by atoms with Crippen LogP contribution in [-0.4, -0.2) is 20.6 Å². The molecule has 0 bridgehead atoms. The monoisotopic (exact) mass is 299 g/mol. The van der Waals surface area contributed by atoms with E-state index in [2.05, 4.69) is 14.5 Å². The molecule has 0 spiro atoms. The number of rotatable bonds is 4. The topological polar surface area (TPSA) is 42.8 Å². The molecule has 1 N–H and O–H groups in total. The van der Waals surface area contributed by atoms with Crippen LogP contribution in [0.2, 0.25) is 0 Å². The first-order valence-electron chi connectivity index (χ1n) is 6.92. The van der Waals surface area contributed by atoms with Gasteiger partial charge in [-0.15, -0.1) is 0 Å². The van der Waals surface area contributed by atoms with Gasteiger partial charge < -0.3 is 14.3 Å². The number of para-hydroxylation sites is 1. The summed E-state index contributed by atoms with van der Waals surface area (Å²) < 4.78 is 8.60. The number of benzene rings is 1. The van der Waals surface area contributed by atoms with Crippen LogP contribution in [0.4, 0.5) is 0 Å². The van der Waals surface area contributed by atoms with Crippen molar-refractivity contribution < 1.29 is 4.74 Å². The summed E-state index contributed by atoms with van der Waals surface area (Å²) in [5, 5.41) is 0. The van der Waals surface area contributed by atoms with Crippen LogP contribution in [-0.2, 0) is 6.54 Å². The van der Waals surface area contributed by atoms with Gasteiger partial charge in [-0.1, -0.05) is 12.1 Å². The number of hydrogen-bond donors (Lipinski definition) is 1.